The molecule has 7 heteroatoms. The summed E-state index contributed by atoms with van der Waals surface area (Å²) in [5.41, 5.74) is 0.0397. The molecular weight excluding hydrogens is 334 g/mol. The number of carboxylic acid groups (broad SMARTS) is 1. The minimum atomic E-state index is -1.08. The molecule has 1 heterocycles. The topological polar surface area (TPSA) is 83.5 Å². The molecule has 130 valence electrons. The van der Waals surface area contributed by atoms with Crippen molar-refractivity contribution >= 4 is 39.2 Å². The Morgan fingerprint density at radius 1 is 1.22 bits per heavy atom. The van der Waals surface area contributed by atoms with Gasteiger partial charge in [-0.1, -0.05) is 28.0 Å². The second-order valence-corrected chi connectivity index (χ2v) is 8.41. The number of carbonyl (C=O) groups excluding carboxylic acids is 2. The van der Waals surface area contributed by atoms with Crippen molar-refractivity contribution in [2.45, 2.75) is 57.1 Å². The largest absolute Gasteiger partial charge is 0.478 e. The highest BCUT2D eigenvalue weighted by molar-refractivity contribution is 8.77. The van der Waals surface area contributed by atoms with Gasteiger partial charge in [-0.05, 0) is 38.7 Å². The van der Waals surface area contributed by atoms with Gasteiger partial charge in [0.1, 0.15) is 0 Å². The Labute approximate surface area is 145 Å². The predicted octanol–water partition coefficient (Wildman–Crippen LogP) is 3.20. The average molecular weight is 360 g/mol. The van der Waals surface area contributed by atoms with Crippen molar-refractivity contribution in [3.63, 3.8) is 0 Å². The summed E-state index contributed by atoms with van der Waals surface area (Å²) in [5, 5.41) is 12.2. The standard InChI is InChI=1S/C16H25NO4S2/c1-12(16(20)21)11-13(18)5-4-9-17-15(19)7-3-2-6-14-8-10-22-23-14/h11,14H,2-10H2,1H3,(H,17,19)(H,20,21)/b12-11+. The molecule has 1 unspecified atom stereocenters. The van der Waals surface area contributed by atoms with Crippen LogP contribution >= 0.6 is 21.6 Å². The molecule has 5 nitrogen and oxygen atoms in total. The summed E-state index contributed by atoms with van der Waals surface area (Å²) in [6.07, 6.45) is 6.93. The van der Waals surface area contributed by atoms with E-state index in [-0.39, 0.29) is 23.7 Å². The van der Waals surface area contributed by atoms with Gasteiger partial charge in [0, 0.05) is 36.0 Å². The molecule has 0 spiro atoms. The molecule has 0 aromatic carbocycles. The lowest BCUT2D eigenvalue weighted by Gasteiger charge is -2.07. The molecule has 0 bridgehead atoms. The first-order valence-corrected chi connectivity index (χ1v) is 10.4. The van der Waals surface area contributed by atoms with E-state index in [0.29, 0.717) is 19.4 Å². The summed E-state index contributed by atoms with van der Waals surface area (Å²) < 4.78 is 0. The molecule has 0 aromatic heterocycles. The van der Waals surface area contributed by atoms with Crippen molar-refractivity contribution in [2.75, 3.05) is 12.3 Å². The van der Waals surface area contributed by atoms with Crippen LogP contribution in [0.4, 0.5) is 0 Å². The fraction of sp³-hybridized carbons (Fsp3) is 0.688. The zero-order valence-corrected chi connectivity index (χ0v) is 15.1. The van der Waals surface area contributed by atoms with Gasteiger partial charge in [0.2, 0.25) is 5.91 Å². The molecule has 23 heavy (non-hydrogen) atoms. The Balaban J connectivity index is 2.00. The van der Waals surface area contributed by atoms with Gasteiger partial charge in [-0.15, -0.1) is 0 Å². The van der Waals surface area contributed by atoms with E-state index in [1.165, 1.54) is 25.5 Å². The van der Waals surface area contributed by atoms with Crippen molar-refractivity contribution in [1.82, 2.24) is 5.32 Å². The second kappa shape index (κ2) is 11.6. The first-order valence-electron chi connectivity index (χ1n) is 7.98. The van der Waals surface area contributed by atoms with Gasteiger partial charge < -0.3 is 10.4 Å². The van der Waals surface area contributed by atoms with E-state index >= 15 is 0 Å². The third-order valence-electron chi connectivity index (χ3n) is 3.54. The molecule has 1 fully saturated rings. The van der Waals surface area contributed by atoms with Crippen LogP contribution in [-0.2, 0) is 14.4 Å². The van der Waals surface area contributed by atoms with Crippen LogP contribution in [0.25, 0.3) is 0 Å². The predicted molar refractivity (Wildman–Crippen MR) is 95.6 cm³/mol. The number of allylic oxidation sites excluding steroid dienone is 1. The minimum Gasteiger partial charge on any atom is -0.478 e. The number of unbranched alkanes of at least 4 members (excludes halogenated alkanes) is 1. The number of carboxylic acids is 1. The van der Waals surface area contributed by atoms with E-state index in [4.69, 9.17) is 5.11 Å². The maximum absolute atomic E-state index is 11.7. The molecule has 1 saturated heterocycles. The van der Waals surface area contributed by atoms with Crippen LogP contribution in [-0.4, -0.2) is 40.3 Å². The van der Waals surface area contributed by atoms with E-state index in [2.05, 4.69) is 5.32 Å². The van der Waals surface area contributed by atoms with E-state index in [0.717, 1.165) is 24.2 Å². The lowest BCUT2D eigenvalue weighted by molar-refractivity contribution is -0.133. The monoisotopic (exact) mass is 359 g/mol. The highest BCUT2D eigenvalue weighted by Gasteiger charge is 2.15. The highest BCUT2D eigenvalue weighted by Crippen LogP contribution is 2.39. The molecule has 1 atom stereocenters. The summed E-state index contributed by atoms with van der Waals surface area (Å²) in [6, 6.07) is 0. The fourth-order valence-electron chi connectivity index (χ4n) is 2.18. The number of carbonyl (C=O) groups is 3. The summed E-state index contributed by atoms with van der Waals surface area (Å²) in [6.45, 7) is 1.85. The average Bonchev–Trinajstić information content (AvgIpc) is 3.01. The third-order valence-corrected chi connectivity index (χ3v) is 6.55. The Morgan fingerprint density at radius 2 is 2.00 bits per heavy atom. The Bertz CT molecular complexity index is 445. The van der Waals surface area contributed by atoms with Crippen LogP contribution in [0.1, 0.15) is 51.9 Å². The fourth-order valence-corrected chi connectivity index (χ4v) is 5.20. The molecule has 0 saturated carbocycles. The summed E-state index contributed by atoms with van der Waals surface area (Å²) in [5.74, 6) is -0.0223. The first-order chi connectivity index (χ1) is 11.0. The Kier molecular flexibility index (Phi) is 10.1. The number of ketones is 1. The second-order valence-electron chi connectivity index (χ2n) is 5.63. The normalized spacial score (nSPS) is 18.0. The van der Waals surface area contributed by atoms with E-state index in [9.17, 15) is 14.4 Å². The van der Waals surface area contributed by atoms with E-state index in [1.54, 1.807) is 0 Å². The van der Waals surface area contributed by atoms with Crippen LogP contribution in [0.5, 0.6) is 0 Å². The first kappa shape index (κ1) is 20.1. The number of rotatable bonds is 11. The van der Waals surface area contributed by atoms with E-state index < -0.39 is 5.97 Å². The van der Waals surface area contributed by atoms with Crippen molar-refractivity contribution < 1.29 is 19.5 Å². The van der Waals surface area contributed by atoms with Gasteiger partial charge in [-0.25, -0.2) is 4.79 Å². The minimum absolute atomic E-state index is 0.0307. The molecule has 1 rings (SSSR count). The lowest BCUT2D eigenvalue weighted by atomic mass is 10.1. The maximum atomic E-state index is 11.7. The van der Waals surface area contributed by atoms with Gasteiger partial charge in [0.25, 0.3) is 0 Å². The van der Waals surface area contributed by atoms with Crippen LogP contribution in [0.15, 0.2) is 11.6 Å². The molecule has 0 aliphatic carbocycles. The molecule has 0 aromatic rings. The highest BCUT2D eigenvalue weighted by atomic mass is 33.1. The van der Waals surface area contributed by atoms with Crippen molar-refractivity contribution in [3.8, 4) is 0 Å². The van der Waals surface area contributed by atoms with Crippen LogP contribution in [0, 0.1) is 0 Å². The number of aliphatic carboxylic acids is 1. The van der Waals surface area contributed by atoms with Crippen LogP contribution in [0.3, 0.4) is 0 Å². The third kappa shape index (κ3) is 9.71. The molecule has 1 aliphatic heterocycles. The quantitative estimate of drug-likeness (QED) is 0.335. The van der Waals surface area contributed by atoms with Gasteiger partial charge in [-0.3, -0.25) is 9.59 Å². The number of hydrogen-bond acceptors (Lipinski definition) is 5. The zero-order chi connectivity index (χ0) is 17.1. The SMILES string of the molecule is C/C(=C\C(=O)CCCNC(=O)CCCCC1CCSS1)C(=O)O. The van der Waals surface area contributed by atoms with Gasteiger partial charge in [0.05, 0.1) is 0 Å². The van der Waals surface area contributed by atoms with Crippen LogP contribution in [0.2, 0.25) is 0 Å². The summed E-state index contributed by atoms with van der Waals surface area (Å²) >= 11 is 0. The molecule has 1 aliphatic rings. The Morgan fingerprint density at radius 3 is 2.65 bits per heavy atom. The van der Waals surface area contributed by atoms with Crippen molar-refractivity contribution in [2.24, 2.45) is 0 Å². The van der Waals surface area contributed by atoms with Gasteiger partial charge in [-0.2, -0.15) is 0 Å². The summed E-state index contributed by atoms with van der Waals surface area (Å²) in [4.78, 5) is 33.7. The number of hydrogen-bond donors (Lipinski definition) is 2. The van der Waals surface area contributed by atoms with Crippen LogP contribution < -0.4 is 5.32 Å². The molecule has 2 N–H and O–H groups in total. The summed E-state index contributed by atoms with van der Waals surface area (Å²) in [7, 11) is 3.91. The Hall–Kier alpha value is -0.950. The molecule has 1 amide bonds. The van der Waals surface area contributed by atoms with Gasteiger partial charge in [0.15, 0.2) is 5.78 Å². The lowest BCUT2D eigenvalue weighted by Crippen LogP contribution is -2.24. The molecular formula is C16H25NO4S2. The van der Waals surface area contributed by atoms with E-state index in [1.807, 2.05) is 21.6 Å². The number of nitrogens with one attached hydrogen (secondary N) is 1. The van der Waals surface area contributed by atoms with Crippen molar-refractivity contribution in [1.29, 1.82) is 0 Å². The zero-order valence-electron chi connectivity index (χ0n) is 13.5. The maximum Gasteiger partial charge on any atom is 0.331 e. The number of amides is 1. The molecule has 0 radical (unpaired) electrons. The van der Waals surface area contributed by atoms with Gasteiger partial charge >= 0.3 is 5.97 Å². The van der Waals surface area contributed by atoms with Crippen molar-refractivity contribution in [3.05, 3.63) is 11.6 Å². The smallest absolute Gasteiger partial charge is 0.331 e.